The summed E-state index contributed by atoms with van der Waals surface area (Å²) in [7, 11) is 3.20. The Labute approximate surface area is 199 Å². The molecule has 0 aliphatic carbocycles. The number of methoxy groups -OCH3 is 2. The van der Waals surface area contributed by atoms with Gasteiger partial charge in [0.2, 0.25) is 0 Å². The largest absolute Gasteiger partial charge is 0.497 e. The molecule has 4 aromatic rings. The number of aromatic nitrogens is 1. The second kappa shape index (κ2) is 10.2. The highest BCUT2D eigenvalue weighted by Crippen LogP contribution is 2.34. The minimum absolute atomic E-state index is 0.322. The van der Waals surface area contributed by atoms with E-state index in [9.17, 15) is 4.79 Å². The Balaban J connectivity index is 1.67. The summed E-state index contributed by atoms with van der Waals surface area (Å²) in [4.78, 5) is 17.9. The van der Waals surface area contributed by atoms with Crippen LogP contribution in [0, 0.1) is 0 Å². The maximum atomic E-state index is 13.1. The van der Waals surface area contributed by atoms with Crippen molar-refractivity contribution >= 4 is 23.0 Å². The van der Waals surface area contributed by atoms with Crippen molar-refractivity contribution < 1.29 is 14.3 Å². The predicted molar refractivity (Wildman–Crippen MR) is 136 cm³/mol. The summed E-state index contributed by atoms with van der Waals surface area (Å²) in [6, 6.07) is 22.9. The summed E-state index contributed by atoms with van der Waals surface area (Å²) >= 11 is 0. The summed E-state index contributed by atoms with van der Waals surface area (Å²) < 4.78 is 10.9. The van der Waals surface area contributed by atoms with Crippen molar-refractivity contribution in [1.82, 2.24) is 10.4 Å². The van der Waals surface area contributed by atoms with Crippen molar-refractivity contribution in [1.29, 1.82) is 0 Å². The first-order valence-electron chi connectivity index (χ1n) is 11.1. The highest BCUT2D eigenvalue weighted by molar-refractivity contribution is 6.07. The van der Waals surface area contributed by atoms with Crippen LogP contribution in [-0.2, 0) is 0 Å². The fraction of sp³-hybridized carbons (Fsp3) is 0.179. The third-order valence-corrected chi connectivity index (χ3v) is 5.63. The lowest BCUT2D eigenvalue weighted by Crippen LogP contribution is -2.18. The van der Waals surface area contributed by atoms with Gasteiger partial charge in [0.05, 0.1) is 37.2 Å². The molecule has 3 aromatic carbocycles. The maximum Gasteiger partial charge on any atom is 0.272 e. The number of nitrogens with one attached hydrogen (secondary N) is 1. The Hall–Kier alpha value is -4.19. The van der Waals surface area contributed by atoms with Crippen molar-refractivity contribution in [3.05, 3.63) is 89.5 Å². The van der Waals surface area contributed by atoms with E-state index in [-0.39, 0.29) is 5.91 Å². The predicted octanol–water partition coefficient (Wildman–Crippen LogP) is 5.81. The molecule has 0 aliphatic rings. The number of pyridine rings is 1. The first-order valence-corrected chi connectivity index (χ1v) is 11.1. The Morgan fingerprint density at radius 1 is 0.971 bits per heavy atom. The fourth-order valence-electron chi connectivity index (χ4n) is 3.71. The second-order valence-electron chi connectivity index (χ2n) is 8.16. The Morgan fingerprint density at radius 2 is 1.74 bits per heavy atom. The van der Waals surface area contributed by atoms with Crippen LogP contribution in [0.4, 0.5) is 0 Å². The van der Waals surface area contributed by atoms with Crippen LogP contribution in [0.1, 0.15) is 41.3 Å². The fourth-order valence-corrected chi connectivity index (χ4v) is 3.71. The van der Waals surface area contributed by atoms with Crippen LogP contribution in [0.5, 0.6) is 11.5 Å². The molecule has 172 valence electrons. The van der Waals surface area contributed by atoms with Crippen LogP contribution < -0.4 is 14.9 Å². The molecule has 0 unspecified atom stereocenters. The van der Waals surface area contributed by atoms with E-state index in [0.29, 0.717) is 34.2 Å². The summed E-state index contributed by atoms with van der Waals surface area (Å²) in [5, 5.41) is 4.91. The lowest BCUT2D eigenvalue weighted by molar-refractivity contribution is 0.0956. The maximum absolute atomic E-state index is 13.1. The van der Waals surface area contributed by atoms with Gasteiger partial charge in [0.25, 0.3) is 5.91 Å². The van der Waals surface area contributed by atoms with Gasteiger partial charge in [0.15, 0.2) is 0 Å². The van der Waals surface area contributed by atoms with Crippen LogP contribution in [0.25, 0.3) is 22.2 Å². The number of hydrazone groups is 1. The molecule has 0 fully saturated rings. The Kier molecular flexibility index (Phi) is 6.87. The molecule has 1 aromatic heterocycles. The number of amides is 1. The van der Waals surface area contributed by atoms with Gasteiger partial charge in [-0.1, -0.05) is 56.3 Å². The molecule has 4 rings (SSSR count). The molecule has 0 atom stereocenters. The molecule has 0 aliphatic heterocycles. The smallest absolute Gasteiger partial charge is 0.272 e. The van der Waals surface area contributed by atoms with Crippen LogP contribution in [-0.4, -0.2) is 31.3 Å². The van der Waals surface area contributed by atoms with E-state index in [4.69, 9.17) is 14.5 Å². The molecule has 1 N–H and O–H groups in total. The number of fused-ring (bicyclic) bond motifs is 1. The van der Waals surface area contributed by atoms with Crippen LogP contribution in [0.15, 0.2) is 77.9 Å². The van der Waals surface area contributed by atoms with Gasteiger partial charge in [-0.3, -0.25) is 4.79 Å². The van der Waals surface area contributed by atoms with Crippen molar-refractivity contribution in [2.45, 2.75) is 19.8 Å². The molecule has 0 spiro atoms. The van der Waals surface area contributed by atoms with Gasteiger partial charge < -0.3 is 9.47 Å². The van der Waals surface area contributed by atoms with Crippen molar-refractivity contribution in [3.63, 3.8) is 0 Å². The number of rotatable bonds is 7. The molecule has 6 heteroatoms. The molecule has 0 radical (unpaired) electrons. The first kappa shape index (κ1) is 23.0. The standard InChI is InChI=1S/C28H27N3O3/c1-18(2)20-11-9-19(10-12-20)17-29-31-28(32)23-16-26(30-25-8-6-5-7-22(23)25)24-15-21(33-3)13-14-27(24)34-4/h5-18H,1-4H3,(H,31,32)/b29-17-. The summed E-state index contributed by atoms with van der Waals surface area (Å²) in [6.07, 6.45) is 1.64. The van der Waals surface area contributed by atoms with E-state index in [1.165, 1.54) is 5.56 Å². The van der Waals surface area contributed by atoms with Gasteiger partial charge in [0.1, 0.15) is 11.5 Å². The van der Waals surface area contributed by atoms with Crippen molar-refractivity contribution in [2.24, 2.45) is 5.10 Å². The zero-order valence-corrected chi connectivity index (χ0v) is 19.7. The highest BCUT2D eigenvalue weighted by Gasteiger charge is 2.16. The second-order valence-corrected chi connectivity index (χ2v) is 8.16. The van der Waals surface area contributed by atoms with E-state index in [1.807, 2.05) is 54.6 Å². The highest BCUT2D eigenvalue weighted by atomic mass is 16.5. The molecule has 0 saturated heterocycles. The number of para-hydroxylation sites is 1. The Bertz CT molecular complexity index is 1350. The van der Waals surface area contributed by atoms with Crippen molar-refractivity contribution in [2.75, 3.05) is 14.2 Å². The van der Waals surface area contributed by atoms with Gasteiger partial charge in [0, 0.05) is 10.9 Å². The number of benzene rings is 3. The number of carbonyl (C=O) groups is 1. The molecule has 1 heterocycles. The Morgan fingerprint density at radius 3 is 2.44 bits per heavy atom. The molecule has 0 saturated carbocycles. The van der Waals surface area contributed by atoms with Crippen LogP contribution >= 0.6 is 0 Å². The minimum atomic E-state index is -0.322. The van der Waals surface area contributed by atoms with Gasteiger partial charge >= 0.3 is 0 Å². The first-order chi connectivity index (χ1) is 16.5. The van der Waals surface area contributed by atoms with Crippen LogP contribution in [0.2, 0.25) is 0 Å². The average molecular weight is 454 g/mol. The normalized spacial score (nSPS) is 11.2. The van der Waals surface area contributed by atoms with Gasteiger partial charge in [-0.15, -0.1) is 0 Å². The molecular formula is C28H27N3O3. The van der Waals surface area contributed by atoms with Crippen LogP contribution in [0.3, 0.4) is 0 Å². The van der Waals surface area contributed by atoms with Gasteiger partial charge in [-0.2, -0.15) is 5.10 Å². The molecule has 6 nitrogen and oxygen atoms in total. The topological polar surface area (TPSA) is 72.8 Å². The number of nitrogens with zero attached hydrogens (tertiary/aromatic N) is 2. The zero-order valence-electron chi connectivity index (χ0n) is 19.7. The number of carbonyl (C=O) groups excluding carboxylic acids is 1. The number of ether oxygens (including phenoxy) is 2. The third-order valence-electron chi connectivity index (χ3n) is 5.63. The van der Waals surface area contributed by atoms with E-state index in [0.717, 1.165) is 16.5 Å². The average Bonchev–Trinajstić information content (AvgIpc) is 2.87. The molecular weight excluding hydrogens is 426 g/mol. The van der Waals surface area contributed by atoms with E-state index in [2.05, 4.69) is 36.5 Å². The van der Waals surface area contributed by atoms with Crippen molar-refractivity contribution in [3.8, 4) is 22.8 Å². The number of hydrogen-bond acceptors (Lipinski definition) is 5. The molecule has 0 bridgehead atoms. The van der Waals surface area contributed by atoms with E-state index >= 15 is 0 Å². The third kappa shape index (κ3) is 4.91. The SMILES string of the molecule is COc1ccc(OC)c(-c2cc(C(=O)N/N=C\c3ccc(C(C)C)cc3)c3ccccc3n2)c1. The summed E-state index contributed by atoms with van der Waals surface area (Å²) in [5.74, 6) is 1.45. The number of hydrogen-bond donors (Lipinski definition) is 1. The summed E-state index contributed by atoms with van der Waals surface area (Å²) in [5.41, 5.74) is 7.32. The minimum Gasteiger partial charge on any atom is -0.497 e. The quantitative estimate of drug-likeness (QED) is 0.283. The molecule has 34 heavy (non-hydrogen) atoms. The molecule has 1 amide bonds. The lowest BCUT2D eigenvalue weighted by Gasteiger charge is -2.13. The van der Waals surface area contributed by atoms with Gasteiger partial charge in [-0.25, -0.2) is 10.4 Å². The monoisotopic (exact) mass is 453 g/mol. The van der Waals surface area contributed by atoms with E-state index < -0.39 is 0 Å². The van der Waals surface area contributed by atoms with Gasteiger partial charge in [-0.05, 0) is 47.4 Å². The zero-order chi connectivity index (χ0) is 24.1. The summed E-state index contributed by atoms with van der Waals surface area (Å²) in [6.45, 7) is 4.30. The lowest BCUT2D eigenvalue weighted by atomic mass is 10.0. The van der Waals surface area contributed by atoms with E-state index in [1.54, 1.807) is 26.5 Å².